The summed E-state index contributed by atoms with van der Waals surface area (Å²) in [6, 6.07) is 17.4. The van der Waals surface area contributed by atoms with E-state index in [9.17, 15) is 8.42 Å². The van der Waals surface area contributed by atoms with E-state index in [1.165, 1.54) is 0 Å². The Labute approximate surface area is 201 Å². The maximum atomic E-state index is 13.8. The van der Waals surface area contributed by atoms with E-state index >= 15 is 0 Å². The van der Waals surface area contributed by atoms with E-state index in [0.29, 0.717) is 34.2 Å². The van der Waals surface area contributed by atoms with Crippen LogP contribution in [0.4, 0.5) is 5.82 Å². The molecule has 0 amide bonds. The Hall–Kier alpha value is -3.75. The Kier molecular flexibility index (Phi) is 6.00. The summed E-state index contributed by atoms with van der Waals surface area (Å²) in [5, 5.41) is 3.61. The van der Waals surface area contributed by atoms with Gasteiger partial charge in [0.15, 0.2) is 9.84 Å². The third-order valence-electron chi connectivity index (χ3n) is 5.54. The van der Waals surface area contributed by atoms with Crippen molar-refractivity contribution in [2.24, 2.45) is 0 Å². The zero-order valence-corrected chi connectivity index (χ0v) is 19.5. The van der Waals surface area contributed by atoms with E-state index in [-0.39, 0.29) is 4.90 Å². The highest BCUT2D eigenvalue weighted by Crippen LogP contribution is 2.38. The van der Waals surface area contributed by atoms with Gasteiger partial charge in [0.2, 0.25) is 0 Å². The van der Waals surface area contributed by atoms with Gasteiger partial charge < -0.3 is 10.3 Å². The lowest BCUT2D eigenvalue weighted by molar-refractivity contribution is 0.589. The average Bonchev–Trinajstić information content (AvgIpc) is 3.28. The average molecular weight is 490 g/mol. The molecule has 0 aliphatic carbocycles. The van der Waals surface area contributed by atoms with Crippen molar-refractivity contribution in [2.75, 3.05) is 5.32 Å². The minimum absolute atomic E-state index is 0.242. The van der Waals surface area contributed by atoms with Crippen LogP contribution in [-0.2, 0) is 16.4 Å². The summed E-state index contributed by atoms with van der Waals surface area (Å²) in [7, 11) is -3.78. The van der Waals surface area contributed by atoms with E-state index in [0.717, 1.165) is 10.9 Å². The highest BCUT2D eigenvalue weighted by Gasteiger charge is 2.33. The molecule has 34 heavy (non-hydrogen) atoms. The lowest BCUT2D eigenvalue weighted by Gasteiger charge is -2.18. The van der Waals surface area contributed by atoms with Gasteiger partial charge in [0.25, 0.3) is 0 Å². The van der Waals surface area contributed by atoms with Crippen LogP contribution < -0.4 is 5.32 Å². The Morgan fingerprint density at radius 3 is 2.56 bits per heavy atom. The molecule has 1 aromatic carbocycles. The number of H-pyrrole nitrogens is 1. The number of pyridine rings is 3. The number of rotatable bonds is 7. The van der Waals surface area contributed by atoms with E-state index in [1.54, 1.807) is 85.6 Å². The molecule has 4 aromatic heterocycles. The van der Waals surface area contributed by atoms with Gasteiger partial charge in [-0.1, -0.05) is 35.9 Å². The van der Waals surface area contributed by atoms with Crippen LogP contribution in [0.2, 0.25) is 5.02 Å². The molecule has 170 valence electrons. The van der Waals surface area contributed by atoms with Crippen LogP contribution in [0, 0.1) is 0 Å². The normalized spacial score (nSPS) is 12.5. The molecule has 0 fully saturated rings. The molecule has 9 heteroatoms. The molecular formula is C25H20ClN5O2S. The Bertz CT molecular complexity index is 1540. The predicted molar refractivity (Wildman–Crippen MR) is 132 cm³/mol. The lowest BCUT2D eigenvalue weighted by Crippen LogP contribution is -2.15. The summed E-state index contributed by atoms with van der Waals surface area (Å²) in [5.74, 6) is 0.597. The zero-order chi connectivity index (χ0) is 23.5. The van der Waals surface area contributed by atoms with Gasteiger partial charge in [-0.2, -0.15) is 0 Å². The maximum absolute atomic E-state index is 13.8. The number of benzene rings is 1. The first kappa shape index (κ1) is 22.1. The van der Waals surface area contributed by atoms with Crippen LogP contribution in [0.25, 0.3) is 11.0 Å². The first-order valence-corrected chi connectivity index (χ1v) is 12.5. The van der Waals surface area contributed by atoms with Crippen molar-refractivity contribution in [1.82, 2.24) is 19.9 Å². The Morgan fingerprint density at radius 1 is 0.941 bits per heavy atom. The molecule has 0 saturated carbocycles. The van der Waals surface area contributed by atoms with Gasteiger partial charge in [0.05, 0.1) is 4.90 Å². The lowest BCUT2D eigenvalue weighted by atomic mass is 10.1. The molecule has 7 nitrogen and oxygen atoms in total. The molecule has 5 aromatic rings. The highest BCUT2D eigenvalue weighted by molar-refractivity contribution is 7.92. The molecule has 0 spiro atoms. The number of sulfone groups is 1. The van der Waals surface area contributed by atoms with Crippen LogP contribution in [0.1, 0.15) is 21.9 Å². The third-order valence-corrected chi connectivity index (χ3v) is 7.99. The fourth-order valence-electron chi connectivity index (χ4n) is 3.86. The quantitative estimate of drug-likeness (QED) is 0.326. The van der Waals surface area contributed by atoms with Crippen LogP contribution >= 0.6 is 11.6 Å². The fourth-order valence-corrected chi connectivity index (χ4v) is 5.86. The van der Waals surface area contributed by atoms with Crippen LogP contribution in [-0.4, -0.2) is 28.4 Å². The zero-order valence-electron chi connectivity index (χ0n) is 17.9. The van der Waals surface area contributed by atoms with Crippen molar-refractivity contribution < 1.29 is 8.42 Å². The molecular weight excluding hydrogens is 470 g/mol. The highest BCUT2D eigenvalue weighted by atomic mass is 35.5. The van der Waals surface area contributed by atoms with Crippen LogP contribution in [0.5, 0.6) is 0 Å². The summed E-state index contributed by atoms with van der Waals surface area (Å²) in [6.07, 6.45) is 8.29. The van der Waals surface area contributed by atoms with Gasteiger partial charge in [0, 0.05) is 59.1 Å². The van der Waals surface area contributed by atoms with Gasteiger partial charge in [-0.3, -0.25) is 4.98 Å². The number of anilines is 1. The van der Waals surface area contributed by atoms with Crippen molar-refractivity contribution in [1.29, 1.82) is 0 Å². The molecule has 0 bridgehead atoms. The van der Waals surface area contributed by atoms with Crippen molar-refractivity contribution in [3.8, 4) is 0 Å². The predicted octanol–water partition coefficient (Wildman–Crippen LogP) is 5.18. The molecule has 0 aliphatic heterocycles. The number of nitrogens with one attached hydrogen (secondary N) is 2. The topological polar surface area (TPSA) is 101 Å². The Balaban J connectivity index is 1.53. The Morgan fingerprint density at radius 2 is 1.79 bits per heavy atom. The largest absolute Gasteiger partial charge is 0.366 e. The molecule has 0 aliphatic rings. The summed E-state index contributed by atoms with van der Waals surface area (Å²) in [6.45, 7) is 0.443. The second-order valence-corrected chi connectivity index (χ2v) is 10.1. The molecule has 5 rings (SSSR count). The van der Waals surface area contributed by atoms with E-state index in [4.69, 9.17) is 11.6 Å². The first-order valence-electron chi connectivity index (χ1n) is 10.5. The van der Waals surface area contributed by atoms with E-state index in [1.807, 2.05) is 6.07 Å². The molecule has 0 radical (unpaired) electrons. The number of halogens is 1. The van der Waals surface area contributed by atoms with E-state index in [2.05, 4.69) is 25.3 Å². The minimum Gasteiger partial charge on any atom is -0.366 e. The number of nitrogens with zero attached hydrogens (tertiary/aromatic N) is 3. The smallest absolute Gasteiger partial charge is 0.189 e. The van der Waals surface area contributed by atoms with Crippen molar-refractivity contribution in [3.05, 3.63) is 113 Å². The number of hydrogen-bond acceptors (Lipinski definition) is 6. The van der Waals surface area contributed by atoms with Gasteiger partial charge in [-0.25, -0.2) is 18.4 Å². The second kappa shape index (κ2) is 9.24. The van der Waals surface area contributed by atoms with Crippen LogP contribution in [0.15, 0.2) is 96.5 Å². The van der Waals surface area contributed by atoms with Crippen LogP contribution in [0.3, 0.4) is 0 Å². The summed E-state index contributed by atoms with van der Waals surface area (Å²) in [4.78, 5) is 16.2. The van der Waals surface area contributed by atoms with Crippen molar-refractivity contribution in [3.63, 3.8) is 0 Å². The number of hydrogen-bond donors (Lipinski definition) is 2. The first-order chi connectivity index (χ1) is 16.5. The van der Waals surface area contributed by atoms with Crippen molar-refractivity contribution >= 4 is 38.3 Å². The molecule has 0 saturated heterocycles. The summed E-state index contributed by atoms with van der Waals surface area (Å²) >= 11 is 6.20. The monoisotopic (exact) mass is 489 g/mol. The van der Waals surface area contributed by atoms with Gasteiger partial charge in [-0.15, -0.1) is 0 Å². The fraction of sp³-hybridized carbons (Fsp3) is 0.0800. The van der Waals surface area contributed by atoms with Gasteiger partial charge in [-0.05, 0) is 42.0 Å². The number of fused-ring (bicyclic) bond motifs is 1. The molecule has 2 N–H and O–H groups in total. The molecule has 1 unspecified atom stereocenters. The second-order valence-electron chi connectivity index (χ2n) is 7.68. The van der Waals surface area contributed by atoms with Gasteiger partial charge >= 0.3 is 0 Å². The SMILES string of the molecule is O=S(=O)(c1ccccc1)C(c1ccc(NCc2cnccc2Cl)nc1)c1c[nH]c2ncccc12. The number of aromatic nitrogens is 4. The summed E-state index contributed by atoms with van der Waals surface area (Å²) < 4.78 is 27.6. The number of aromatic amines is 1. The summed E-state index contributed by atoms with van der Waals surface area (Å²) in [5.41, 5.74) is 2.64. The molecule has 1 atom stereocenters. The van der Waals surface area contributed by atoms with E-state index < -0.39 is 15.1 Å². The maximum Gasteiger partial charge on any atom is 0.189 e. The molecule has 4 heterocycles. The minimum atomic E-state index is -3.78. The third kappa shape index (κ3) is 4.25. The van der Waals surface area contributed by atoms with Gasteiger partial charge in [0.1, 0.15) is 16.7 Å². The standard InChI is InChI=1S/C25H20ClN5O2S/c26-22-10-12-27-13-18(22)15-30-23-9-8-17(14-29-23)24(34(32,33)19-5-2-1-3-6-19)21-16-31-25-20(21)7-4-11-28-25/h1-14,16,24H,15H2,(H,28,31)(H,29,30). The van der Waals surface area contributed by atoms with Crippen molar-refractivity contribution in [2.45, 2.75) is 16.7 Å².